The normalized spacial score (nSPS) is 11.2. The van der Waals surface area contributed by atoms with E-state index in [-0.39, 0.29) is 0 Å². The number of nitrogens with one attached hydrogen (secondary N) is 2. The third-order valence-electron chi connectivity index (χ3n) is 3.14. The Morgan fingerprint density at radius 1 is 1.00 bits per heavy atom. The number of amides is 3. The Bertz CT molecular complexity index is 722. The molecule has 2 aromatic rings. The van der Waals surface area contributed by atoms with Crippen LogP contribution in [0.25, 0.3) is 0 Å². The van der Waals surface area contributed by atoms with E-state index in [1.54, 1.807) is 0 Å². The van der Waals surface area contributed by atoms with Crippen molar-refractivity contribution >= 4 is 29.7 Å². The largest absolute Gasteiger partial charge is 0.454 e. The topological polar surface area (TPSA) is 84.5 Å². The number of carbonyl (C=O) groups is 3. The summed E-state index contributed by atoms with van der Waals surface area (Å²) in [6.45, 7) is -0.523. The first-order chi connectivity index (χ1) is 12.1. The van der Waals surface area contributed by atoms with Crippen molar-refractivity contribution in [2.45, 2.75) is 10.1 Å². The molecule has 130 valence electrons. The summed E-state index contributed by atoms with van der Waals surface area (Å²) in [5.74, 6) is -1.24. The summed E-state index contributed by atoms with van der Waals surface area (Å²) in [6, 6.07) is 18.0. The lowest BCUT2D eigenvalue weighted by Crippen LogP contribution is -2.39. The number of thioether (sulfide) groups is 1. The maximum Gasteiger partial charge on any atom is 0.324 e. The molecule has 0 bridgehead atoms. The van der Waals surface area contributed by atoms with Gasteiger partial charge in [-0.05, 0) is 17.7 Å². The second kappa shape index (κ2) is 9.48. The fourth-order valence-corrected chi connectivity index (χ4v) is 3.00. The van der Waals surface area contributed by atoms with Gasteiger partial charge in [0, 0.05) is 11.9 Å². The molecule has 3 amide bonds. The van der Waals surface area contributed by atoms with Gasteiger partial charge in [-0.3, -0.25) is 14.9 Å². The molecule has 0 unspecified atom stereocenters. The zero-order valence-electron chi connectivity index (χ0n) is 13.6. The Kier molecular flexibility index (Phi) is 7.03. The molecule has 2 aromatic carbocycles. The number of hydrogen-bond donors (Lipinski definition) is 2. The second-order valence-electron chi connectivity index (χ2n) is 4.96. The summed E-state index contributed by atoms with van der Waals surface area (Å²) < 4.78 is 5.09. The SMILES string of the molecule is CNC(=O)NC(=O)COC(=O)[C@@H](Sc1ccccc1)c1ccccc1. The van der Waals surface area contributed by atoms with Gasteiger partial charge in [-0.2, -0.15) is 0 Å². The predicted octanol–water partition coefficient (Wildman–Crippen LogP) is 2.52. The van der Waals surface area contributed by atoms with Crippen molar-refractivity contribution in [3.05, 3.63) is 66.2 Å². The van der Waals surface area contributed by atoms with Crippen molar-refractivity contribution in [2.75, 3.05) is 13.7 Å². The molecular formula is C18H18N2O4S. The summed E-state index contributed by atoms with van der Waals surface area (Å²) in [6.07, 6.45) is 0. The molecule has 2 N–H and O–H groups in total. The summed E-state index contributed by atoms with van der Waals surface area (Å²) >= 11 is 1.33. The van der Waals surface area contributed by atoms with E-state index in [0.29, 0.717) is 0 Å². The van der Waals surface area contributed by atoms with Crippen molar-refractivity contribution in [3.63, 3.8) is 0 Å². The number of carbonyl (C=O) groups excluding carboxylic acids is 3. The van der Waals surface area contributed by atoms with E-state index in [1.807, 2.05) is 66.0 Å². The van der Waals surface area contributed by atoms with Gasteiger partial charge in [-0.15, -0.1) is 11.8 Å². The summed E-state index contributed by atoms with van der Waals surface area (Å²) in [7, 11) is 1.39. The molecule has 7 heteroatoms. The number of hydrogen-bond acceptors (Lipinski definition) is 5. The van der Waals surface area contributed by atoms with Crippen molar-refractivity contribution < 1.29 is 19.1 Å². The van der Waals surface area contributed by atoms with Gasteiger partial charge in [0.1, 0.15) is 5.25 Å². The number of rotatable bonds is 6. The first kappa shape index (κ1) is 18.5. The van der Waals surface area contributed by atoms with E-state index in [0.717, 1.165) is 10.5 Å². The lowest BCUT2D eigenvalue weighted by molar-refractivity contribution is -0.147. The van der Waals surface area contributed by atoms with Crippen molar-refractivity contribution in [1.29, 1.82) is 0 Å². The zero-order chi connectivity index (χ0) is 18.1. The van der Waals surface area contributed by atoms with Crippen LogP contribution in [0.15, 0.2) is 65.6 Å². The first-order valence-corrected chi connectivity index (χ1v) is 8.43. The van der Waals surface area contributed by atoms with Crippen LogP contribution in [0.2, 0.25) is 0 Å². The van der Waals surface area contributed by atoms with Gasteiger partial charge in [0.15, 0.2) is 6.61 Å². The molecule has 2 rings (SSSR count). The summed E-state index contributed by atoms with van der Waals surface area (Å²) in [5.41, 5.74) is 0.771. The second-order valence-corrected chi connectivity index (χ2v) is 6.14. The van der Waals surface area contributed by atoms with Crippen LogP contribution in [-0.4, -0.2) is 31.6 Å². The van der Waals surface area contributed by atoms with Gasteiger partial charge >= 0.3 is 12.0 Å². The van der Waals surface area contributed by atoms with Crippen molar-refractivity contribution in [3.8, 4) is 0 Å². The van der Waals surface area contributed by atoms with E-state index in [1.165, 1.54) is 18.8 Å². The average Bonchev–Trinajstić information content (AvgIpc) is 2.65. The van der Waals surface area contributed by atoms with E-state index >= 15 is 0 Å². The molecule has 25 heavy (non-hydrogen) atoms. The highest BCUT2D eigenvalue weighted by atomic mass is 32.2. The Morgan fingerprint density at radius 3 is 2.20 bits per heavy atom. The van der Waals surface area contributed by atoms with Crippen LogP contribution < -0.4 is 10.6 Å². The van der Waals surface area contributed by atoms with Gasteiger partial charge in [0.2, 0.25) is 0 Å². The molecule has 0 aromatic heterocycles. The fourth-order valence-electron chi connectivity index (χ4n) is 1.95. The molecule has 0 spiro atoms. The minimum atomic E-state index is -0.691. The molecule has 0 aliphatic rings. The third-order valence-corrected chi connectivity index (χ3v) is 4.38. The van der Waals surface area contributed by atoms with Crippen LogP contribution in [0.5, 0.6) is 0 Å². The zero-order valence-corrected chi connectivity index (χ0v) is 14.4. The molecule has 0 heterocycles. The standard InChI is InChI=1S/C18H18N2O4S/c1-19-18(23)20-15(21)12-24-17(22)16(13-8-4-2-5-9-13)25-14-10-6-3-7-11-14/h2-11,16H,12H2,1H3,(H2,19,20,21,23)/t16-/m0/s1. The van der Waals surface area contributed by atoms with Crippen LogP contribution in [0, 0.1) is 0 Å². The van der Waals surface area contributed by atoms with E-state index in [9.17, 15) is 14.4 Å². The fraction of sp³-hybridized carbons (Fsp3) is 0.167. The molecule has 0 aliphatic heterocycles. The number of ether oxygens (including phenoxy) is 1. The molecule has 6 nitrogen and oxygen atoms in total. The highest BCUT2D eigenvalue weighted by Crippen LogP contribution is 2.36. The lowest BCUT2D eigenvalue weighted by atomic mass is 10.1. The van der Waals surface area contributed by atoms with Crippen LogP contribution in [0.3, 0.4) is 0 Å². The van der Waals surface area contributed by atoms with E-state index < -0.39 is 29.8 Å². The Labute approximate surface area is 149 Å². The number of imide groups is 1. The molecular weight excluding hydrogens is 340 g/mol. The molecule has 0 fully saturated rings. The van der Waals surface area contributed by atoms with Gasteiger partial charge in [-0.25, -0.2) is 4.79 Å². The van der Waals surface area contributed by atoms with Gasteiger partial charge in [0.25, 0.3) is 5.91 Å². The highest BCUT2D eigenvalue weighted by molar-refractivity contribution is 8.00. The molecule has 0 saturated heterocycles. The monoisotopic (exact) mass is 358 g/mol. The van der Waals surface area contributed by atoms with Crippen LogP contribution in [0.1, 0.15) is 10.8 Å². The predicted molar refractivity (Wildman–Crippen MR) is 95.0 cm³/mol. The number of benzene rings is 2. The first-order valence-electron chi connectivity index (χ1n) is 7.55. The van der Waals surface area contributed by atoms with Crippen molar-refractivity contribution in [2.24, 2.45) is 0 Å². The van der Waals surface area contributed by atoms with Crippen molar-refractivity contribution in [1.82, 2.24) is 10.6 Å². The van der Waals surface area contributed by atoms with E-state index in [4.69, 9.17) is 4.74 Å². The van der Waals surface area contributed by atoms with Gasteiger partial charge in [-0.1, -0.05) is 48.5 Å². The summed E-state index contributed by atoms with van der Waals surface area (Å²) in [4.78, 5) is 36.0. The Morgan fingerprint density at radius 2 is 1.60 bits per heavy atom. The smallest absolute Gasteiger partial charge is 0.324 e. The molecule has 0 saturated carbocycles. The van der Waals surface area contributed by atoms with Crippen LogP contribution in [-0.2, 0) is 14.3 Å². The maximum atomic E-state index is 12.5. The van der Waals surface area contributed by atoms with E-state index in [2.05, 4.69) is 5.32 Å². The highest BCUT2D eigenvalue weighted by Gasteiger charge is 2.24. The number of esters is 1. The Hall–Kier alpha value is -2.80. The average molecular weight is 358 g/mol. The maximum absolute atomic E-state index is 12.5. The minimum Gasteiger partial charge on any atom is -0.454 e. The Balaban J connectivity index is 2.05. The molecule has 0 aliphatic carbocycles. The third kappa shape index (κ3) is 5.96. The van der Waals surface area contributed by atoms with Crippen LogP contribution in [0.4, 0.5) is 4.79 Å². The van der Waals surface area contributed by atoms with Crippen LogP contribution >= 0.6 is 11.8 Å². The quantitative estimate of drug-likeness (QED) is 0.612. The van der Waals surface area contributed by atoms with Gasteiger partial charge < -0.3 is 10.1 Å². The van der Waals surface area contributed by atoms with Gasteiger partial charge in [0.05, 0.1) is 0 Å². The number of urea groups is 1. The molecule has 1 atom stereocenters. The molecule has 0 radical (unpaired) electrons. The minimum absolute atomic E-state index is 0.523. The lowest BCUT2D eigenvalue weighted by Gasteiger charge is -2.16. The summed E-state index contributed by atoms with van der Waals surface area (Å²) in [5, 5.41) is 3.68.